The average molecular weight is 391 g/mol. The van der Waals surface area contributed by atoms with Gasteiger partial charge in [-0.3, -0.25) is 9.78 Å². The summed E-state index contributed by atoms with van der Waals surface area (Å²) in [7, 11) is 0. The minimum absolute atomic E-state index is 0.0594. The number of fused-ring (bicyclic) bond motifs is 1. The predicted octanol–water partition coefficient (Wildman–Crippen LogP) is 3.02. The van der Waals surface area contributed by atoms with Gasteiger partial charge in [-0.1, -0.05) is 23.4 Å². The first-order chi connectivity index (χ1) is 14.3. The SMILES string of the molecule is O=C(CCCc1nc(-c2ccncc2)no1)NCCN1CCCc2ccccc21. The van der Waals surface area contributed by atoms with Crippen LogP contribution in [0.25, 0.3) is 11.4 Å². The first-order valence-corrected chi connectivity index (χ1v) is 10.1. The lowest BCUT2D eigenvalue weighted by atomic mass is 10.0. The number of pyridine rings is 1. The third kappa shape index (κ3) is 4.99. The quantitative estimate of drug-likeness (QED) is 0.635. The maximum absolute atomic E-state index is 12.1. The van der Waals surface area contributed by atoms with Crippen LogP contribution in [0.15, 0.2) is 53.3 Å². The average Bonchev–Trinajstić information content (AvgIpc) is 3.23. The van der Waals surface area contributed by atoms with Gasteiger partial charge in [0, 0.05) is 56.1 Å². The minimum Gasteiger partial charge on any atom is -0.370 e. The second-order valence-electron chi connectivity index (χ2n) is 7.17. The van der Waals surface area contributed by atoms with Crippen LogP contribution in [-0.4, -0.2) is 40.7 Å². The van der Waals surface area contributed by atoms with Crippen molar-refractivity contribution < 1.29 is 9.32 Å². The zero-order chi connectivity index (χ0) is 19.9. The number of nitrogens with zero attached hydrogens (tertiary/aromatic N) is 4. The number of carbonyl (C=O) groups is 1. The molecule has 0 saturated heterocycles. The first kappa shape index (κ1) is 19.1. The van der Waals surface area contributed by atoms with E-state index in [1.807, 2.05) is 12.1 Å². The number of carbonyl (C=O) groups excluding carboxylic acids is 1. The van der Waals surface area contributed by atoms with E-state index in [1.54, 1.807) is 12.4 Å². The van der Waals surface area contributed by atoms with Gasteiger partial charge in [0.2, 0.25) is 17.6 Å². The van der Waals surface area contributed by atoms with E-state index in [4.69, 9.17) is 4.52 Å². The molecule has 1 aliphatic heterocycles. The highest BCUT2D eigenvalue weighted by Crippen LogP contribution is 2.26. The van der Waals surface area contributed by atoms with Crippen LogP contribution < -0.4 is 10.2 Å². The van der Waals surface area contributed by atoms with E-state index in [1.165, 1.54) is 11.3 Å². The zero-order valence-corrected chi connectivity index (χ0v) is 16.4. The van der Waals surface area contributed by atoms with E-state index in [0.717, 1.165) is 31.5 Å². The summed E-state index contributed by atoms with van der Waals surface area (Å²) in [4.78, 5) is 22.9. The molecule has 150 valence electrons. The largest absolute Gasteiger partial charge is 0.370 e. The monoisotopic (exact) mass is 391 g/mol. The van der Waals surface area contributed by atoms with Gasteiger partial charge in [0.15, 0.2) is 0 Å². The fourth-order valence-corrected chi connectivity index (χ4v) is 3.64. The van der Waals surface area contributed by atoms with Crippen LogP contribution in [0.1, 0.15) is 30.7 Å². The molecule has 7 nitrogen and oxygen atoms in total. The molecule has 0 aliphatic carbocycles. The lowest BCUT2D eigenvalue weighted by molar-refractivity contribution is -0.121. The standard InChI is InChI=1S/C22H25N5O2/c28-20(24-14-16-27-15-4-6-17-5-1-2-7-19(17)27)8-3-9-21-25-22(26-29-21)18-10-12-23-13-11-18/h1-2,5,7,10-13H,3-4,6,8-9,14-16H2,(H,24,28). The fourth-order valence-electron chi connectivity index (χ4n) is 3.64. The molecule has 0 saturated carbocycles. The van der Waals surface area contributed by atoms with Crippen molar-refractivity contribution in [2.75, 3.05) is 24.5 Å². The second kappa shape index (κ2) is 9.32. The van der Waals surface area contributed by atoms with Crippen molar-refractivity contribution in [1.82, 2.24) is 20.4 Å². The molecule has 3 aromatic rings. The van der Waals surface area contributed by atoms with Gasteiger partial charge < -0.3 is 14.7 Å². The molecule has 0 spiro atoms. The maximum Gasteiger partial charge on any atom is 0.226 e. The second-order valence-corrected chi connectivity index (χ2v) is 7.17. The van der Waals surface area contributed by atoms with Crippen LogP contribution in [0.3, 0.4) is 0 Å². The van der Waals surface area contributed by atoms with E-state index < -0.39 is 0 Å². The van der Waals surface area contributed by atoms with Gasteiger partial charge >= 0.3 is 0 Å². The number of hydrogen-bond acceptors (Lipinski definition) is 6. The lowest BCUT2D eigenvalue weighted by Gasteiger charge is -2.31. The van der Waals surface area contributed by atoms with Gasteiger partial charge in [0.1, 0.15) is 0 Å². The van der Waals surface area contributed by atoms with Crippen LogP contribution >= 0.6 is 0 Å². The Morgan fingerprint density at radius 1 is 1.17 bits per heavy atom. The molecule has 1 aromatic carbocycles. The molecule has 2 aromatic heterocycles. The summed E-state index contributed by atoms with van der Waals surface area (Å²) < 4.78 is 5.27. The van der Waals surface area contributed by atoms with E-state index >= 15 is 0 Å². The van der Waals surface area contributed by atoms with Crippen LogP contribution in [-0.2, 0) is 17.6 Å². The molecule has 7 heteroatoms. The summed E-state index contributed by atoms with van der Waals surface area (Å²) >= 11 is 0. The number of rotatable bonds is 8. The van der Waals surface area contributed by atoms with Crippen LogP contribution in [0, 0.1) is 0 Å². The van der Waals surface area contributed by atoms with Crippen molar-refractivity contribution in [3.63, 3.8) is 0 Å². The number of para-hydroxylation sites is 1. The molecular formula is C22H25N5O2. The number of hydrogen-bond donors (Lipinski definition) is 1. The number of anilines is 1. The maximum atomic E-state index is 12.1. The Morgan fingerprint density at radius 3 is 2.93 bits per heavy atom. The Balaban J connectivity index is 1.17. The Morgan fingerprint density at radius 2 is 2.03 bits per heavy atom. The van der Waals surface area contributed by atoms with Crippen LogP contribution in [0.5, 0.6) is 0 Å². The molecule has 0 radical (unpaired) electrons. The smallest absolute Gasteiger partial charge is 0.226 e. The Bertz CT molecular complexity index is 941. The molecule has 1 N–H and O–H groups in total. The molecular weight excluding hydrogens is 366 g/mol. The molecule has 0 fully saturated rings. The highest BCUT2D eigenvalue weighted by atomic mass is 16.5. The number of benzene rings is 1. The van der Waals surface area contributed by atoms with Crippen LogP contribution in [0.4, 0.5) is 5.69 Å². The van der Waals surface area contributed by atoms with Gasteiger partial charge in [-0.05, 0) is 43.0 Å². The lowest BCUT2D eigenvalue weighted by Crippen LogP contribution is -2.37. The van der Waals surface area contributed by atoms with Crippen LogP contribution in [0.2, 0.25) is 0 Å². The van der Waals surface area contributed by atoms with E-state index in [9.17, 15) is 4.79 Å². The number of aromatic nitrogens is 3. The fraction of sp³-hybridized carbons (Fsp3) is 0.364. The van der Waals surface area contributed by atoms with Gasteiger partial charge in [0.05, 0.1) is 0 Å². The third-order valence-electron chi connectivity index (χ3n) is 5.11. The zero-order valence-electron chi connectivity index (χ0n) is 16.4. The van der Waals surface area contributed by atoms with Gasteiger partial charge in [-0.15, -0.1) is 0 Å². The molecule has 0 atom stereocenters. The normalized spacial score (nSPS) is 13.2. The number of aryl methyl sites for hydroxylation is 2. The van der Waals surface area contributed by atoms with Crippen molar-refractivity contribution in [1.29, 1.82) is 0 Å². The van der Waals surface area contributed by atoms with Crippen molar-refractivity contribution in [3.8, 4) is 11.4 Å². The molecule has 1 amide bonds. The molecule has 0 unspecified atom stereocenters. The van der Waals surface area contributed by atoms with E-state index in [2.05, 4.69) is 49.6 Å². The van der Waals surface area contributed by atoms with Crippen molar-refractivity contribution >= 4 is 11.6 Å². The van der Waals surface area contributed by atoms with Crippen molar-refractivity contribution in [2.45, 2.75) is 32.1 Å². The van der Waals surface area contributed by atoms with Gasteiger partial charge in [-0.2, -0.15) is 4.98 Å². The minimum atomic E-state index is 0.0594. The summed E-state index contributed by atoms with van der Waals surface area (Å²) in [5, 5.41) is 7.01. The summed E-state index contributed by atoms with van der Waals surface area (Å²) in [6.45, 7) is 2.53. The Kier molecular flexibility index (Phi) is 6.14. The molecule has 3 heterocycles. The first-order valence-electron chi connectivity index (χ1n) is 10.1. The molecule has 29 heavy (non-hydrogen) atoms. The molecule has 1 aliphatic rings. The third-order valence-corrected chi connectivity index (χ3v) is 5.11. The molecule has 4 rings (SSSR count). The highest BCUT2D eigenvalue weighted by molar-refractivity contribution is 5.75. The van der Waals surface area contributed by atoms with E-state index in [-0.39, 0.29) is 5.91 Å². The summed E-state index contributed by atoms with van der Waals surface area (Å²) in [5.74, 6) is 1.16. The Labute approximate surface area is 170 Å². The Hall–Kier alpha value is -3.22. The summed E-state index contributed by atoms with van der Waals surface area (Å²) in [6.07, 6.45) is 7.40. The highest BCUT2D eigenvalue weighted by Gasteiger charge is 2.16. The molecule has 0 bridgehead atoms. The van der Waals surface area contributed by atoms with Crippen molar-refractivity contribution in [3.05, 3.63) is 60.2 Å². The summed E-state index contributed by atoms with van der Waals surface area (Å²) in [5.41, 5.74) is 3.57. The topological polar surface area (TPSA) is 84.1 Å². The van der Waals surface area contributed by atoms with E-state index in [0.29, 0.717) is 37.5 Å². The number of nitrogens with one attached hydrogen (secondary N) is 1. The predicted molar refractivity (Wildman–Crippen MR) is 110 cm³/mol. The number of amides is 1. The van der Waals surface area contributed by atoms with Gasteiger partial charge in [-0.25, -0.2) is 0 Å². The van der Waals surface area contributed by atoms with Crippen molar-refractivity contribution in [2.24, 2.45) is 0 Å². The summed E-state index contributed by atoms with van der Waals surface area (Å²) in [6, 6.07) is 12.2. The van der Waals surface area contributed by atoms with Gasteiger partial charge in [0.25, 0.3) is 0 Å².